The molecule has 1 aliphatic rings. The number of amides is 1. The Morgan fingerprint density at radius 1 is 1.15 bits per heavy atom. The number of hydrogen-bond donors (Lipinski definition) is 1. The van der Waals surface area contributed by atoms with Crippen LogP contribution >= 0.6 is 0 Å². The maximum atomic E-state index is 13.3. The average Bonchev–Trinajstić information content (AvgIpc) is 2.80. The summed E-state index contributed by atoms with van der Waals surface area (Å²) < 4.78 is 57.9. The molecule has 1 unspecified atom stereocenters. The van der Waals surface area contributed by atoms with Crippen molar-refractivity contribution in [3.05, 3.63) is 66.4 Å². The first-order valence-electron chi connectivity index (χ1n) is 9.98. The zero-order valence-corrected chi connectivity index (χ0v) is 17.4. The van der Waals surface area contributed by atoms with Gasteiger partial charge >= 0.3 is 6.18 Å². The van der Waals surface area contributed by atoms with Crippen LogP contribution in [-0.4, -0.2) is 52.3 Å². The number of morpholine rings is 1. The van der Waals surface area contributed by atoms with Crippen LogP contribution in [0.25, 0.3) is 11.4 Å². The van der Waals surface area contributed by atoms with Crippen molar-refractivity contribution in [1.82, 2.24) is 15.0 Å². The van der Waals surface area contributed by atoms with Gasteiger partial charge in [-0.3, -0.25) is 4.79 Å². The standard InChI is InChI=1S/C22H19F4N5O2/c1-13-5-6-15(8-16(13)20-28-9-14(23)10-29-20)30-21(32)17-12-33-18(22(24,25)26)11-31(17)19-4-2-3-7-27-19/h2-10,17-18H,11-12H2,1H3,(H,30,32)/t17?,18-/m1/s1. The van der Waals surface area contributed by atoms with Crippen LogP contribution in [0, 0.1) is 12.7 Å². The number of aromatic nitrogens is 3. The molecule has 0 radical (unpaired) electrons. The van der Waals surface area contributed by atoms with Crippen molar-refractivity contribution in [3.63, 3.8) is 0 Å². The van der Waals surface area contributed by atoms with Gasteiger partial charge in [0.2, 0.25) is 5.91 Å². The molecule has 1 amide bonds. The van der Waals surface area contributed by atoms with Gasteiger partial charge in [-0.05, 0) is 36.8 Å². The van der Waals surface area contributed by atoms with Crippen molar-refractivity contribution < 1.29 is 27.1 Å². The van der Waals surface area contributed by atoms with E-state index in [4.69, 9.17) is 4.74 Å². The van der Waals surface area contributed by atoms with Crippen molar-refractivity contribution in [3.8, 4) is 11.4 Å². The van der Waals surface area contributed by atoms with Crippen LogP contribution in [0.3, 0.4) is 0 Å². The number of carbonyl (C=O) groups is 1. The van der Waals surface area contributed by atoms with Gasteiger partial charge in [0.05, 0.1) is 25.5 Å². The van der Waals surface area contributed by atoms with Crippen molar-refractivity contribution in [2.45, 2.75) is 25.2 Å². The third-order valence-corrected chi connectivity index (χ3v) is 5.17. The van der Waals surface area contributed by atoms with Gasteiger partial charge in [0, 0.05) is 17.4 Å². The van der Waals surface area contributed by atoms with Gasteiger partial charge < -0.3 is 15.0 Å². The van der Waals surface area contributed by atoms with E-state index < -0.39 is 43.2 Å². The smallest absolute Gasteiger partial charge is 0.364 e. The summed E-state index contributed by atoms with van der Waals surface area (Å²) in [6.07, 6.45) is -3.10. The zero-order chi connectivity index (χ0) is 23.6. The molecule has 33 heavy (non-hydrogen) atoms. The van der Waals surface area contributed by atoms with Gasteiger partial charge in [0.25, 0.3) is 0 Å². The number of alkyl halides is 3. The maximum absolute atomic E-state index is 13.3. The third-order valence-electron chi connectivity index (χ3n) is 5.17. The van der Waals surface area contributed by atoms with E-state index in [1.807, 2.05) is 6.92 Å². The van der Waals surface area contributed by atoms with Crippen LogP contribution in [0.5, 0.6) is 0 Å². The van der Waals surface area contributed by atoms with Crippen LogP contribution in [-0.2, 0) is 9.53 Å². The van der Waals surface area contributed by atoms with Gasteiger partial charge in [-0.2, -0.15) is 13.2 Å². The molecule has 1 fully saturated rings. The number of benzene rings is 1. The lowest BCUT2D eigenvalue weighted by molar-refractivity contribution is -0.224. The SMILES string of the molecule is Cc1ccc(NC(=O)C2CO[C@@H](C(F)(F)F)CN2c2ccccn2)cc1-c1ncc(F)cn1. The summed E-state index contributed by atoms with van der Waals surface area (Å²) in [5.41, 5.74) is 1.75. The van der Waals surface area contributed by atoms with Crippen molar-refractivity contribution in [2.75, 3.05) is 23.4 Å². The van der Waals surface area contributed by atoms with Crippen molar-refractivity contribution in [1.29, 1.82) is 0 Å². The highest BCUT2D eigenvalue weighted by molar-refractivity contribution is 5.97. The number of nitrogens with one attached hydrogen (secondary N) is 1. The van der Waals surface area contributed by atoms with E-state index in [0.29, 0.717) is 11.3 Å². The lowest BCUT2D eigenvalue weighted by Gasteiger charge is -2.39. The number of anilines is 2. The van der Waals surface area contributed by atoms with E-state index in [2.05, 4.69) is 20.3 Å². The Balaban J connectivity index is 1.58. The number of nitrogens with zero attached hydrogens (tertiary/aromatic N) is 4. The summed E-state index contributed by atoms with van der Waals surface area (Å²) in [5, 5.41) is 2.71. The monoisotopic (exact) mass is 461 g/mol. The summed E-state index contributed by atoms with van der Waals surface area (Å²) in [6, 6.07) is 8.75. The number of hydrogen-bond acceptors (Lipinski definition) is 6. The van der Waals surface area contributed by atoms with E-state index in [1.54, 1.807) is 30.3 Å². The van der Waals surface area contributed by atoms with Crippen LogP contribution < -0.4 is 10.2 Å². The first-order valence-corrected chi connectivity index (χ1v) is 9.98. The molecule has 0 bridgehead atoms. The topological polar surface area (TPSA) is 80.2 Å². The van der Waals surface area contributed by atoms with E-state index in [1.165, 1.54) is 17.2 Å². The fourth-order valence-corrected chi connectivity index (χ4v) is 3.47. The fourth-order valence-electron chi connectivity index (χ4n) is 3.47. The second kappa shape index (κ2) is 9.10. The molecule has 3 heterocycles. The molecule has 11 heteroatoms. The Hall–Kier alpha value is -3.60. The number of pyridine rings is 1. The van der Waals surface area contributed by atoms with Gasteiger partial charge in [0.15, 0.2) is 17.7 Å². The molecule has 1 aromatic carbocycles. The highest BCUT2D eigenvalue weighted by Crippen LogP contribution is 2.30. The summed E-state index contributed by atoms with van der Waals surface area (Å²) in [4.78, 5) is 26.4. The Morgan fingerprint density at radius 2 is 1.91 bits per heavy atom. The van der Waals surface area contributed by atoms with Crippen LogP contribution in [0.15, 0.2) is 55.0 Å². The molecule has 0 aliphatic carbocycles. The molecule has 172 valence electrons. The minimum Gasteiger partial charge on any atom is -0.364 e. The van der Waals surface area contributed by atoms with Gasteiger partial charge in [-0.15, -0.1) is 0 Å². The van der Waals surface area contributed by atoms with Crippen LogP contribution in [0.4, 0.5) is 29.1 Å². The zero-order valence-electron chi connectivity index (χ0n) is 17.4. The van der Waals surface area contributed by atoms with E-state index in [-0.39, 0.29) is 11.6 Å². The fraction of sp³-hybridized carbons (Fsp3) is 0.273. The lowest BCUT2D eigenvalue weighted by atomic mass is 10.1. The normalized spacial score (nSPS) is 18.8. The molecule has 7 nitrogen and oxygen atoms in total. The lowest BCUT2D eigenvalue weighted by Crippen LogP contribution is -2.58. The average molecular weight is 461 g/mol. The van der Waals surface area contributed by atoms with E-state index >= 15 is 0 Å². The largest absolute Gasteiger partial charge is 0.416 e. The van der Waals surface area contributed by atoms with Crippen molar-refractivity contribution in [2.24, 2.45) is 0 Å². The molecule has 2 aromatic heterocycles. The van der Waals surface area contributed by atoms with Crippen molar-refractivity contribution >= 4 is 17.4 Å². The van der Waals surface area contributed by atoms with Gasteiger partial charge in [-0.25, -0.2) is 19.3 Å². The maximum Gasteiger partial charge on any atom is 0.416 e. The number of ether oxygens (including phenoxy) is 1. The molecule has 1 N–H and O–H groups in total. The summed E-state index contributed by atoms with van der Waals surface area (Å²) >= 11 is 0. The van der Waals surface area contributed by atoms with Crippen LogP contribution in [0.2, 0.25) is 0 Å². The molecular weight excluding hydrogens is 442 g/mol. The Morgan fingerprint density at radius 3 is 2.58 bits per heavy atom. The summed E-state index contributed by atoms with van der Waals surface area (Å²) in [7, 11) is 0. The highest BCUT2D eigenvalue weighted by Gasteiger charge is 2.47. The molecule has 2 atom stereocenters. The highest BCUT2D eigenvalue weighted by atomic mass is 19.4. The molecule has 3 aromatic rings. The minimum atomic E-state index is -4.57. The minimum absolute atomic E-state index is 0.236. The summed E-state index contributed by atoms with van der Waals surface area (Å²) in [6.45, 7) is 0.774. The molecule has 4 rings (SSSR count). The Labute approximate surface area is 186 Å². The predicted octanol–water partition coefficient (Wildman–Crippen LogP) is 3.76. The first kappa shape index (κ1) is 22.6. The Bertz CT molecular complexity index is 1130. The first-order chi connectivity index (χ1) is 15.7. The van der Waals surface area contributed by atoms with Crippen LogP contribution in [0.1, 0.15) is 5.56 Å². The molecule has 1 saturated heterocycles. The molecule has 0 saturated carbocycles. The van der Waals surface area contributed by atoms with Gasteiger partial charge in [0.1, 0.15) is 11.9 Å². The third kappa shape index (κ3) is 5.08. The second-order valence-electron chi connectivity index (χ2n) is 7.46. The number of aryl methyl sites for hydroxylation is 1. The predicted molar refractivity (Wildman–Crippen MR) is 112 cm³/mol. The second-order valence-corrected chi connectivity index (χ2v) is 7.46. The molecule has 1 aliphatic heterocycles. The summed E-state index contributed by atoms with van der Waals surface area (Å²) in [5.74, 6) is -0.630. The van der Waals surface area contributed by atoms with E-state index in [0.717, 1.165) is 18.0 Å². The van der Waals surface area contributed by atoms with E-state index in [9.17, 15) is 22.4 Å². The quantitative estimate of drug-likeness (QED) is 0.596. The number of halogens is 4. The Kier molecular flexibility index (Phi) is 6.23. The molecular formula is C22H19F4N5O2. The number of carbonyl (C=O) groups excluding carboxylic acids is 1. The van der Waals surface area contributed by atoms with Gasteiger partial charge in [-0.1, -0.05) is 12.1 Å². The number of rotatable bonds is 4. The molecule has 0 spiro atoms.